The minimum atomic E-state index is -0.674. The number of benzene rings is 2. The van der Waals surface area contributed by atoms with E-state index in [1.807, 2.05) is 30.3 Å². The second kappa shape index (κ2) is 7.93. The molecule has 0 unspecified atom stereocenters. The van der Waals surface area contributed by atoms with Crippen LogP contribution in [-0.4, -0.2) is 22.7 Å². The van der Waals surface area contributed by atoms with Gasteiger partial charge in [-0.3, -0.25) is 10.1 Å². The van der Waals surface area contributed by atoms with Crippen molar-refractivity contribution in [2.24, 2.45) is 0 Å². The van der Waals surface area contributed by atoms with Crippen molar-refractivity contribution < 1.29 is 23.7 Å². The molecule has 0 spiro atoms. The van der Waals surface area contributed by atoms with E-state index in [9.17, 15) is 14.9 Å². The standard InChI is InChI=1S/C18H14N2O6/c21-18(12-24-16-9-5-4-8-15(16)20(22)23)25-11-14-10-17(26-19-14)13-6-2-1-3-7-13/h1-10H,11-12H2. The maximum absolute atomic E-state index is 11.8. The number of nitro groups is 1. The molecule has 0 radical (unpaired) electrons. The van der Waals surface area contributed by atoms with Crippen LogP contribution >= 0.6 is 0 Å². The summed E-state index contributed by atoms with van der Waals surface area (Å²) >= 11 is 0. The van der Waals surface area contributed by atoms with E-state index in [-0.39, 0.29) is 18.0 Å². The highest BCUT2D eigenvalue weighted by Gasteiger charge is 2.16. The highest BCUT2D eigenvalue weighted by molar-refractivity contribution is 5.71. The van der Waals surface area contributed by atoms with Crippen molar-refractivity contribution >= 4 is 11.7 Å². The molecule has 26 heavy (non-hydrogen) atoms. The Labute approximate surface area is 148 Å². The number of hydrogen-bond donors (Lipinski definition) is 0. The predicted octanol–water partition coefficient (Wildman–Crippen LogP) is 3.37. The zero-order chi connectivity index (χ0) is 18.4. The number of ether oxygens (including phenoxy) is 2. The molecule has 0 saturated heterocycles. The fraction of sp³-hybridized carbons (Fsp3) is 0.111. The zero-order valence-corrected chi connectivity index (χ0v) is 13.5. The molecule has 2 aromatic carbocycles. The Morgan fingerprint density at radius 3 is 2.62 bits per heavy atom. The fourth-order valence-corrected chi connectivity index (χ4v) is 2.18. The van der Waals surface area contributed by atoms with Crippen LogP contribution in [-0.2, 0) is 16.1 Å². The van der Waals surface area contributed by atoms with Gasteiger partial charge in [-0.15, -0.1) is 0 Å². The molecule has 0 bridgehead atoms. The molecule has 0 aliphatic heterocycles. The highest BCUT2D eigenvalue weighted by atomic mass is 16.6. The number of nitro benzene ring substituents is 1. The van der Waals surface area contributed by atoms with Crippen LogP contribution in [0.5, 0.6) is 5.75 Å². The first-order chi connectivity index (χ1) is 12.6. The summed E-state index contributed by atoms with van der Waals surface area (Å²) in [7, 11) is 0. The van der Waals surface area contributed by atoms with E-state index in [4.69, 9.17) is 14.0 Å². The van der Waals surface area contributed by atoms with Crippen molar-refractivity contribution in [1.82, 2.24) is 5.16 Å². The normalized spacial score (nSPS) is 10.3. The fourth-order valence-electron chi connectivity index (χ4n) is 2.18. The van der Waals surface area contributed by atoms with Gasteiger partial charge in [-0.1, -0.05) is 47.6 Å². The molecule has 0 fully saturated rings. The van der Waals surface area contributed by atoms with E-state index in [2.05, 4.69) is 5.16 Å². The SMILES string of the molecule is O=C(COc1ccccc1[N+](=O)[O-])OCc1cc(-c2ccccc2)on1. The molecular formula is C18H14N2O6. The van der Waals surface area contributed by atoms with Crippen LogP contribution in [0.15, 0.2) is 65.2 Å². The highest BCUT2D eigenvalue weighted by Crippen LogP contribution is 2.25. The van der Waals surface area contributed by atoms with Crippen molar-refractivity contribution in [3.63, 3.8) is 0 Å². The summed E-state index contributed by atoms with van der Waals surface area (Å²) in [6, 6.07) is 16.8. The molecule has 0 amide bonds. The van der Waals surface area contributed by atoms with Crippen molar-refractivity contribution in [2.75, 3.05) is 6.61 Å². The molecule has 1 aromatic heterocycles. The molecule has 3 aromatic rings. The first-order valence-corrected chi connectivity index (χ1v) is 7.66. The Morgan fingerprint density at radius 1 is 1.12 bits per heavy atom. The second-order valence-electron chi connectivity index (χ2n) is 5.22. The topological polar surface area (TPSA) is 105 Å². The van der Waals surface area contributed by atoms with Crippen LogP contribution in [0.4, 0.5) is 5.69 Å². The van der Waals surface area contributed by atoms with Gasteiger partial charge in [-0.05, 0) is 6.07 Å². The van der Waals surface area contributed by atoms with Crippen LogP contribution in [0.2, 0.25) is 0 Å². The van der Waals surface area contributed by atoms with Gasteiger partial charge in [0.1, 0.15) is 12.3 Å². The number of rotatable bonds is 7. The van der Waals surface area contributed by atoms with Gasteiger partial charge in [0.05, 0.1) is 4.92 Å². The Kier molecular flexibility index (Phi) is 5.23. The number of carbonyl (C=O) groups is 1. The lowest BCUT2D eigenvalue weighted by molar-refractivity contribution is -0.385. The summed E-state index contributed by atoms with van der Waals surface area (Å²) in [6.45, 7) is -0.538. The number of hydrogen-bond acceptors (Lipinski definition) is 7. The van der Waals surface area contributed by atoms with E-state index < -0.39 is 17.5 Å². The van der Waals surface area contributed by atoms with Crippen LogP contribution in [0.25, 0.3) is 11.3 Å². The maximum Gasteiger partial charge on any atom is 0.344 e. The van der Waals surface area contributed by atoms with Crippen molar-refractivity contribution in [3.8, 4) is 17.1 Å². The van der Waals surface area contributed by atoms with E-state index in [0.717, 1.165) is 5.56 Å². The molecule has 8 heteroatoms. The van der Waals surface area contributed by atoms with Gasteiger partial charge in [0.25, 0.3) is 0 Å². The van der Waals surface area contributed by atoms with E-state index in [1.54, 1.807) is 12.1 Å². The monoisotopic (exact) mass is 354 g/mol. The third kappa shape index (κ3) is 4.23. The number of carbonyl (C=O) groups excluding carboxylic acids is 1. The summed E-state index contributed by atoms with van der Waals surface area (Å²) in [6.07, 6.45) is 0. The molecule has 1 heterocycles. The Balaban J connectivity index is 1.52. The predicted molar refractivity (Wildman–Crippen MR) is 90.3 cm³/mol. The summed E-state index contributed by atoms with van der Waals surface area (Å²) in [5.41, 5.74) is 1.09. The molecule has 3 rings (SSSR count). The summed E-state index contributed by atoms with van der Waals surface area (Å²) in [5, 5.41) is 14.7. The third-order valence-corrected chi connectivity index (χ3v) is 3.41. The summed E-state index contributed by atoms with van der Waals surface area (Å²) < 4.78 is 15.4. The van der Waals surface area contributed by atoms with E-state index in [0.29, 0.717) is 11.5 Å². The Hall–Kier alpha value is -3.68. The first kappa shape index (κ1) is 17.2. The van der Waals surface area contributed by atoms with E-state index in [1.165, 1.54) is 18.2 Å². The van der Waals surface area contributed by atoms with Crippen molar-refractivity contribution in [1.29, 1.82) is 0 Å². The maximum atomic E-state index is 11.8. The van der Waals surface area contributed by atoms with Gasteiger partial charge in [0.2, 0.25) is 0 Å². The Bertz CT molecular complexity index is 907. The van der Waals surface area contributed by atoms with Crippen LogP contribution < -0.4 is 4.74 Å². The molecule has 132 valence electrons. The minimum absolute atomic E-state index is 0.00208. The number of esters is 1. The molecule has 0 saturated carbocycles. The lowest BCUT2D eigenvalue weighted by atomic mass is 10.2. The van der Waals surface area contributed by atoms with Gasteiger partial charge >= 0.3 is 11.7 Å². The summed E-state index contributed by atoms with van der Waals surface area (Å²) in [4.78, 5) is 22.1. The molecule has 0 atom stereocenters. The average molecular weight is 354 g/mol. The minimum Gasteiger partial charge on any atom is -0.475 e. The zero-order valence-electron chi connectivity index (χ0n) is 13.5. The van der Waals surface area contributed by atoms with Crippen molar-refractivity contribution in [2.45, 2.75) is 6.61 Å². The number of nitrogens with zero attached hydrogens (tertiary/aromatic N) is 2. The molecule has 0 aliphatic carbocycles. The smallest absolute Gasteiger partial charge is 0.344 e. The Morgan fingerprint density at radius 2 is 1.85 bits per heavy atom. The lowest BCUT2D eigenvalue weighted by Crippen LogP contribution is -2.15. The molecular weight excluding hydrogens is 340 g/mol. The quantitative estimate of drug-likeness (QED) is 0.364. The van der Waals surface area contributed by atoms with Gasteiger partial charge in [-0.2, -0.15) is 0 Å². The second-order valence-corrected chi connectivity index (χ2v) is 5.22. The van der Waals surface area contributed by atoms with Gasteiger partial charge < -0.3 is 14.0 Å². The molecule has 0 N–H and O–H groups in total. The van der Waals surface area contributed by atoms with Gasteiger partial charge in [-0.25, -0.2) is 4.79 Å². The summed E-state index contributed by atoms with van der Waals surface area (Å²) in [5.74, 6) is -0.109. The van der Waals surface area contributed by atoms with Crippen LogP contribution in [0, 0.1) is 10.1 Å². The van der Waals surface area contributed by atoms with Crippen molar-refractivity contribution in [3.05, 3.63) is 76.5 Å². The van der Waals surface area contributed by atoms with Gasteiger partial charge in [0, 0.05) is 17.7 Å². The molecule has 0 aliphatic rings. The van der Waals surface area contributed by atoms with Gasteiger partial charge in [0.15, 0.2) is 18.1 Å². The third-order valence-electron chi connectivity index (χ3n) is 3.41. The number of para-hydroxylation sites is 2. The van der Waals surface area contributed by atoms with Crippen LogP contribution in [0.1, 0.15) is 5.69 Å². The van der Waals surface area contributed by atoms with E-state index >= 15 is 0 Å². The largest absolute Gasteiger partial charge is 0.475 e. The number of aromatic nitrogens is 1. The van der Waals surface area contributed by atoms with Crippen LogP contribution in [0.3, 0.4) is 0 Å². The lowest BCUT2D eigenvalue weighted by Gasteiger charge is -2.06. The first-order valence-electron chi connectivity index (χ1n) is 7.66. The average Bonchev–Trinajstić information content (AvgIpc) is 3.14. The molecule has 8 nitrogen and oxygen atoms in total.